The van der Waals surface area contributed by atoms with Crippen molar-refractivity contribution in [3.05, 3.63) is 59.8 Å². The molecule has 0 saturated heterocycles. The molecule has 0 bridgehead atoms. The Hall–Kier alpha value is -2.16. The fourth-order valence-corrected chi connectivity index (χ4v) is 2.01. The minimum atomic E-state index is 0.881. The molecule has 17 heavy (non-hydrogen) atoms. The van der Waals surface area contributed by atoms with Crippen LogP contribution in [0.2, 0.25) is 0 Å². The standard InChI is InChI=1S/C14H14N2O/c1-17-13-7-5-11(6-8-13)14-10-12-4-2-3-9-16(12)15-14/h2-8,10,15H,9H2,1H3. The summed E-state index contributed by atoms with van der Waals surface area (Å²) in [5, 5.41) is 2.12. The Balaban J connectivity index is 1.88. The summed E-state index contributed by atoms with van der Waals surface area (Å²) in [6.45, 7) is 0.905. The van der Waals surface area contributed by atoms with Crippen LogP contribution in [0, 0.1) is 0 Å². The first-order chi connectivity index (χ1) is 8.36. The number of ether oxygens (including phenoxy) is 1. The molecule has 3 nitrogen and oxygen atoms in total. The van der Waals surface area contributed by atoms with Crippen LogP contribution >= 0.6 is 0 Å². The number of methoxy groups -OCH3 is 1. The molecule has 0 atom stereocenters. The summed E-state index contributed by atoms with van der Waals surface area (Å²) in [5.74, 6) is 0.881. The maximum Gasteiger partial charge on any atom is 0.118 e. The topological polar surface area (TPSA) is 24.5 Å². The quantitative estimate of drug-likeness (QED) is 0.837. The fraction of sp³-hybridized carbons (Fsp3) is 0.143. The predicted molar refractivity (Wildman–Crippen MR) is 68.0 cm³/mol. The molecule has 3 rings (SSSR count). The fourth-order valence-electron chi connectivity index (χ4n) is 2.01. The highest BCUT2D eigenvalue weighted by Crippen LogP contribution is 2.25. The summed E-state index contributed by atoms with van der Waals surface area (Å²) in [7, 11) is 1.68. The van der Waals surface area contributed by atoms with Gasteiger partial charge in [0, 0.05) is 0 Å². The van der Waals surface area contributed by atoms with Gasteiger partial charge < -0.3 is 4.74 Å². The number of benzene rings is 1. The molecule has 0 fully saturated rings. The maximum atomic E-state index is 5.15. The number of rotatable bonds is 2. The van der Waals surface area contributed by atoms with Crippen LogP contribution in [0.3, 0.4) is 0 Å². The van der Waals surface area contributed by atoms with E-state index in [1.807, 2.05) is 12.1 Å². The zero-order valence-corrected chi connectivity index (χ0v) is 9.68. The van der Waals surface area contributed by atoms with Gasteiger partial charge >= 0.3 is 0 Å². The average Bonchev–Trinajstić information content (AvgIpc) is 2.82. The van der Waals surface area contributed by atoms with Gasteiger partial charge in [-0.15, -0.1) is 0 Å². The van der Waals surface area contributed by atoms with Crippen molar-refractivity contribution in [1.82, 2.24) is 10.4 Å². The normalized spacial score (nSPS) is 17.1. The third-order valence-corrected chi connectivity index (χ3v) is 2.95. The second-order valence-electron chi connectivity index (χ2n) is 4.03. The third-order valence-electron chi connectivity index (χ3n) is 2.95. The molecule has 2 aliphatic rings. The van der Waals surface area contributed by atoms with Gasteiger partial charge in [0.25, 0.3) is 0 Å². The number of nitrogens with zero attached hydrogens (tertiary/aromatic N) is 1. The summed E-state index contributed by atoms with van der Waals surface area (Å²) in [6, 6.07) is 8.07. The summed E-state index contributed by atoms with van der Waals surface area (Å²) >= 11 is 0. The van der Waals surface area contributed by atoms with E-state index in [1.54, 1.807) is 7.11 Å². The molecule has 2 heterocycles. The molecule has 3 heteroatoms. The van der Waals surface area contributed by atoms with Crippen molar-refractivity contribution in [1.29, 1.82) is 0 Å². The molecule has 86 valence electrons. The molecular weight excluding hydrogens is 212 g/mol. The number of nitrogens with one attached hydrogen (secondary N) is 1. The molecule has 0 unspecified atom stereocenters. The van der Waals surface area contributed by atoms with Crippen LogP contribution in [0.5, 0.6) is 5.75 Å². The van der Waals surface area contributed by atoms with Gasteiger partial charge in [-0.2, -0.15) is 0 Å². The van der Waals surface area contributed by atoms with Gasteiger partial charge in [0.05, 0.1) is 25.0 Å². The number of hydrazine groups is 1. The molecule has 1 aromatic carbocycles. The lowest BCUT2D eigenvalue weighted by atomic mass is 10.1. The molecule has 1 N–H and O–H groups in total. The van der Waals surface area contributed by atoms with Crippen LogP contribution in [0.4, 0.5) is 0 Å². The van der Waals surface area contributed by atoms with Crippen molar-refractivity contribution in [3.8, 4) is 5.75 Å². The Labute approximate surface area is 101 Å². The van der Waals surface area contributed by atoms with Crippen molar-refractivity contribution in [2.24, 2.45) is 0 Å². The van der Waals surface area contributed by atoms with Crippen LogP contribution in [-0.2, 0) is 0 Å². The van der Waals surface area contributed by atoms with Crippen molar-refractivity contribution in [2.45, 2.75) is 0 Å². The number of fused-ring (bicyclic) bond motifs is 1. The summed E-state index contributed by atoms with van der Waals surface area (Å²) in [4.78, 5) is 0. The predicted octanol–water partition coefficient (Wildman–Crippen LogP) is 2.31. The first-order valence-electron chi connectivity index (χ1n) is 5.64. The van der Waals surface area contributed by atoms with Gasteiger partial charge in [0.1, 0.15) is 5.75 Å². The van der Waals surface area contributed by atoms with E-state index in [-0.39, 0.29) is 0 Å². The molecule has 0 aliphatic carbocycles. The summed E-state index contributed by atoms with van der Waals surface area (Å²) in [6.07, 6.45) is 8.47. The van der Waals surface area contributed by atoms with E-state index in [1.165, 1.54) is 11.3 Å². The van der Waals surface area contributed by atoms with Crippen LogP contribution < -0.4 is 10.2 Å². The molecule has 0 amide bonds. The second-order valence-corrected chi connectivity index (χ2v) is 4.03. The van der Waals surface area contributed by atoms with Crippen LogP contribution in [0.15, 0.2) is 54.3 Å². The van der Waals surface area contributed by atoms with E-state index >= 15 is 0 Å². The Morgan fingerprint density at radius 1 is 1.24 bits per heavy atom. The van der Waals surface area contributed by atoms with Gasteiger partial charge in [0.2, 0.25) is 0 Å². The van der Waals surface area contributed by atoms with E-state index < -0.39 is 0 Å². The second kappa shape index (κ2) is 4.01. The molecular formula is C14H14N2O. The lowest BCUT2D eigenvalue weighted by Crippen LogP contribution is -2.31. The van der Waals surface area contributed by atoms with E-state index in [9.17, 15) is 0 Å². The number of allylic oxidation sites excluding steroid dienone is 3. The summed E-state index contributed by atoms with van der Waals surface area (Å²) < 4.78 is 5.15. The Kier molecular flexibility index (Phi) is 2.37. The molecule has 2 aliphatic heterocycles. The van der Waals surface area contributed by atoms with Gasteiger partial charge in [0.15, 0.2) is 0 Å². The van der Waals surface area contributed by atoms with E-state index in [2.05, 4.69) is 46.9 Å². The largest absolute Gasteiger partial charge is 0.497 e. The zero-order valence-electron chi connectivity index (χ0n) is 9.68. The first-order valence-corrected chi connectivity index (χ1v) is 5.64. The van der Waals surface area contributed by atoms with E-state index in [0.29, 0.717) is 0 Å². The smallest absolute Gasteiger partial charge is 0.118 e. The minimum Gasteiger partial charge on any atom is -0.497 e. The van der Waals surface area contributed by atoms with Crippen molar-refractivity contribution in [2.75, 3.05) is 13.7 Å². The Morgan fingerprint density at radius 3 is 2.76 bits per heavy atom. The summed E-state index contributed by atoms with van der Waals surface area (Å²) in [5.41, 5.74) is 6.88. The van der Waals surface area contributed by atoms with Crippen molar-refractivity contribution in [3.63, 3.8) is 0 Å². The van der Waals surface area contributed by atoms with E-state index in [4.69, 9.17) is 4.74 Å². The SMILES string of the molecule is COc1ccc(C2=CC3=CC=CCN3N2)cc1. The van der Waals surface area contributed by atoms with Crippen LogP contribution in [-0.4, -0.2) is 18.7 Å². The molecule has 1 aromatic rings. The molecule has 0 saturated carbocycles. The average molecular weight is 226 g/mol. The van der Waals surface area contributed by atoms with Gasteiger partial charge in [-0.3, -0.25) is 10.4 Å². The lowest BCUT2D eigenvalue weighted by molar-refractivity contribution is 0.351. The molecule has 0 aromatic heterocycles. The van der Waals surface area contributed by atoms with Gasteiger partial charge in [-0.1, -0.05) is 12.2 Å². The molecule has 0 spiro atoms. The number of hydrogen-bond donors (Lipinski definition) is 1. The molecule has 0 radical (unpaired) electrons. The van der Waals surface area contributed by atoms with E-state index in [0.717, 1.165) is 18.0 Å². The third kappa shape index (κ3) is 1.80. The van der Waals surface area contributed by atoms with Gasteiger partial charge in [-0.25, -0.2) is 0 Å². The maximum absolute atomic E-state index is 5.15. The Morgan fingerprint density at radius 2 is 2.06 bits per heavy atom. The van der Waals surface area contributed by atoms with Crippen LogP contribution in [0.25, 0.3) is 5.70 Å². The Bertz CT molecular complexity index is 512. The lowest BCUT2D eigenvalue weighted by Gasteiger charge is -2.21. The van der Waals surface area contributed by atoms with Crippen molar-refractivity contribution < 1.29 is 4.74 Å². The minimum absolute atomic E-state index is 0.881. The highest BCUT2D eigenvalue weighted by atomic mass is 16.5. The first kappa shape index (κ1) is 10.0. The monoisotopic (exact) mass is 226 g/mol. The van der Waals surface area contributed by atoms with Gasteiger partial charge in [-0.05, 0) is 42.0 Å². The van der Waals surface area contributed by atoms with Crippen molar-refractivity contribution >= 4 is 5.70 Å². The van der Waals surface area contributed by atoms with Crippen LogP contribution in [0.1, 0.15) is 5.56 Å². The number of hydrogen-bond acceptors (Lipinski definition) is 3. The highest BCUT2D eigenvalue weighted by Gasteiger charge is 2.18. The zero-order chi connectivity index (χ0) is 11.7. The highest BCUT2D eigenvalue weighted by molar-refractivity contribution is 5.69.